The summed E-state index contributed by atoms with van der Waals surface area (Å²) >= 11 is 7.13. The van der Waals surface area contributed by atoms with Crippen molar-refractivity contribution in [3.05, 3.63) is 28.2 Å². The molecule has 6 heteroatoms. The van der Waals surface area contributed by atoms with Gasteiger partial charge >= 0.3 is 6.18 Å². The lowest BCUT2D eigenvalue weighted by Crippen LogP contribution is -2.06. The predicted molar refractivity (Wildman–Crippen MR) is 63.1 cm³/mol. The van der Waals surface area contributed by atoms with Crippen LogP contribution in [-0.2, 0) is 6.18 Å². The number of benzene rings is 1. The molecule has 1 aromatic rings. The minimum Gasteiger partial charge on any atom is -0.492 e. The van der Waals surface area contributed by atoms with E-state index in [1.54, 1.807) is 0 Å². The molecule has 0 aliphatic heterocycles. The summed E-state index contributed by atoms with van der Waals surface area (Å²) < 4.78 is 42.9. The van der Waals surface area contributed by atoms with Crippen LogP contribution in [0.25, 0.3) is 0 Å². The fourth-order valence-corrected chi connectivity index (χ4v) is 1.53. The zero-order valence-corrected chi connectivity index (χ0v) is 10.7. The van der Waals surface area contributed by atoms with Crippen molar-refractivity contribution in [2.24, 2.45) is 0 Å². The molecular weight excluding hydrogens is 305 g/mol. The molecule has 1 rings (SSSR count). The molecule has 90 valence electrons. The standard InChI is InChI=1S/C10H10BrF3OS/c11-8-3-2-7(10(12,13)14)6-9(8)15-4-1-5-16/h2-3,6,16H,1,4-5H2. The number of alkyl halides is 3. The summed E-state index contributed by atoms with van der Waals surface area (Å²) in [5.41, 5.74) is -0.712. The van der Waals surface area contributed by atoms with Crippen molar-refractivity contribution in [1.29, 1.82) is 0 Å². The molecule has 0 N–H and O–H groups in total. The first-order valence-electron chi connectivity index (χ1n) is 4.55. The number of halogens is 4. The van der Waals surface area contributed by atoms with Crippen molar-refractivity contribution >= 4 is 28.6 Å². The molecule has 0 fully saturated rings. The zero-order valence-electron chi connectivity index (χ0n) is 8.22. The molecule has 0 atom stereocenters. The van der Waals surface area contributed by atoms with Crippen LogP contribution < -0.4 is 4.74 Å². The molecule has 0 aliphatic carbocycles. The Balaban J connectivity index is 2.83. The molecule has 0 aromatic heterocycles. The van der Waals surface area contributed by atoms with Crippen LogP contribution in [0.4, 0.5) is 13.2 Å². The van der Waals surface area contributed by atoms with E-state index in [0.717, 1.165) is 12.1 Å². The van der Waals surface area contributed by atoms with Gasteiger partial charge in [0.25, 0.3) is 0 Å². The molecule has 0 unspecified atom stereocenters. The van der Waals surface area contributed by atoms with Crippen LogP contribution in [0.5, 0.6) is 5.75 Å². The third kappa shape index (κ3) is 3.90. The van der Waals surface area contributed by atoms with Gasteiger partial charge in [0.2, 0.25) is 0 Å². The monoisotopic (exact) mass is 314 g/mol. The molecule has 0 heterocycles. The SMILES string of the molecule is FC(F)(F)c1ccc(Br)c(OCCCS)c1. The van der Waals surface area contributed by atoms with Crippen LogP contribution in [0.3, 0.4) is 0 Å². The number of thiol groups is 1. The van der Waals surface area contributed by atoms with Crippen molar-refractivity contribution in [1.82, 2.24) is 0 Å². The molecular formula is C10H10BrF3OS. The van der Waals surface area contributed by atoms with Crippen LogP contribution in [0.15, 0.2) is 22.7 Å². The van der Waals surface area contributed by atoms with Crippen molar-refractivity contribution in [2.45, 2.75) is 12.6 Å². The van der Waals surface area contributed by atoms with Gasteiger partial charge in [-0.05, 0) is 46.3 Å². The second-order valence-corrected chi connectivity index (χ2v) is 4.37. The van der Waals surface area contributed by atoms with Gasteiger partial charge in [0, 0.05) is 0 Å². The van der Waals surface area contributed by atoms with Gasteiger partial charge in [0.05, 0.1) is 16.6 Å². The van der Waals surface area contributed by atoms with Gasteiger partial charge < -0.3 is 4.74 Å². The topological polar surface area (TPSA) is 9.23 Å². The molecule has 0 saturated heterocycles. The van der Waals surface area contributed by atoms with Gasteiger partial charge in [0.15, 0.2) is 0 Å². The van der Waals surface area contributed by atoms with E-state index in [0.29, 0.717) is 23.3 Å². The second-order valence-electron chi connectivity index (χ2n) is 3.07. The first-order chi connectivity index (χ1) is 7.45. The quantitative estimate of drug-likeness (QED) is 0.648. The van der Waals surface area contributed by atoms with E-state index in [4.69, 9.17) is 4.74 Å². The maximum Gasteiger partial charge on any atom is 0.416 e. The van der Waals surface area contributed by atoms with Crippen LogP contribution in [-0.4, -0.2) is 12.4 Å². The molecule has 1 nitrogen and oxygen atoms in total. The summed E-state index contributed by atoms with van der Waals surface area (Å²) in [7, 11) is 0. The van der Waals surface area contributed by atoms with Crippen LogP contribution in [0, 0.1) is 0 Å². The highest BCUT2D eigenvalue weighted by Crippen LogP contribution is 2.35. The summed E-state index contributed by atoms with van der Waals surface area (Å²) in [6.07, 6.45) is -3.66. The van der Waals surface area contributed by atoms with Gasteiger partial charge in [0.1, 0.15) is 5.75 Å². The highest BCUT2D eigenvalue weighted by Gasteiger charge is 2.31. The van der Waals surface area contributed by atoms with E-state index in [2.05, 4.69) is 28.6 Å². The van der Waals surface area contributed by atoms with Crippen LogP contribution in [0.2, 0.25) is 0 Å². The molecule has 0 spiro atoms. The molecule has 16 heavy (non-hydrogen) atoms. The molecule has 0 aliphatic rings. The maximum absolute atomic E-state index is 12.4. The Hall–Kier alpha value is -0.360. The third-order valence-corrected chi connectivity index (χ3v) is 2.79. The van der Waals surface area contributed by atoms with E-state index >= 15 is 0 Å². The van der Waals surface area contributed by atoms with E-state index in [9.17, 15) is 13.2 Å². The zero-order chi connectivity index (χ0) is 12.2. The van der Waals surface area contributed by atoms with E-state index < -0.39 is 11.7 Å². The van der Waals surface area contributed by atoms with Gasteiger partial charge in [-0.1, -0.05) is 0 Å². The Bertz CT molecular complexity index is 354. The average Bonchev–Trinajstić information content (AvgIpc) is 2.19. The normalized spacial score (nSPS) is 11.6. The Labute approximate surface area is 106 Å². The molecule has 0 amide bonds. The minimum absolute atomic E-state index is 0.205. The molecule has 1 aromatic carbocycles. The summed E-state index contributed by atoms with van der Waals surface area (Å²) in [5.74, 6) is 0.841. The number of hydrogen-bond acceptors (Lipinski definition) is 2. The van der Waals surface area contributed by atoms with E-state index in [1.807, 2.05) is 0 Å². The lowest BCUT2D eigenvalue weighted by atomic mass is 10.2. The molecule has 0 radical (unpaired) electrons. The summed E-state index contributed by atoms with van der Waals surface area (Å²) in [6, 6.07) is 3.33. The first kappa shape index (κ1) is 13.7. The van der Waals surface area contributed by atoms with Crippen molar-refractivity contribution in [3.8, 4) is 5.75 Å². The highest BCUT2D eigenvalue weighted by molar-refractivity contribution is 9.10. The Kier molecular flexibility index (Phi) is 4.98. The van der Waals surface area contributed by atoms with Gasteiger partial charge in [-0.2, -0.15) is 25.8 Å². The van der Waals surface area contributed by atoms with Gasteiger partial charge in [-0.3, -0.25) is 0 Å². The predicted octanol–water partition coefficient (Wildman–Crippen LogP) is 4.17. The highest BCUT2D eigenvalue weighted by atomic mass is 79.9. The van der Waals surface area contributed by atoms with Crippen LogP contribution in [0.1, 0.15) is 12.0 Å². The van der Waals surface area contributed by atoms with E-state index in [-0.39, 0.29) is 5.75 Å². The summed E-state index contributed by atoms with van der Waals surface area (Å²) in [4.78, 5) is 0. The Morgan fingerprint density at radius 2 is 2.00 bits per heavy atom. The van der Waals surface area contributed by atoms with Gasteiger partial charge in [-0.25, -0.2) is 0 Å². The Morgan fingerprint density at radius 1 is 1.31 bits per heavy atom. The second kappa shape index (κ2) is 5.82. The Morgan fingerprint density at radius 3 is 2.56 bits per heavy atom. The summed E-state index contributed by atoms with van der Waals surface area (Å²) in [6.45, 7) is 0.351. The first-order valence-corrected chi connectivity index (χ1v) is 5.98. The average molecular weight is 315 g/mol. The van der Waals surface area contributed by atoms with Crippen molar-refractivity contribution < 1.29 is 17.9 Å². The summed E-state index contributed by atoms with van der Waals surface area (Å²) in [5, 5.41) is 0. The number of hydrogen-bond donors (Lipinski definition) is 1. The van der Waals surface area contributed by atoms with Crippen molar-refractivity contribution in [2.75, 3.05) is 12.4 Å². The van der Waals surface area contributed by atoms with Crippen LogP contribution >= 0.6 is 28.6 Å². The minimum atomic E-state index is -4.34. The number of rotatable bonds is 4. The lowest BCUT2D eigenvalue weighted by Gasteiger charge is -2.11. The fraction of sp³-hybridized carbons (Fsp3) is 0.400. The maximum atomic E-state index is 12.4. The van der Waals surface area contributed by atoms with Crippen molar-refractivity contribution in [3.63, 3.8) is 0 Å². The largest absolute Gasteiger partial charge is 0.492 e. The smallest absolute Gasteiger partial charge is 0.416 e. The molecule has 0 bridgehead atoms. The molecule has 0 saturated carbocycles. The van der Waals surface area contributed by atoms with E-state index in [1.165, 1.54) is 6.07 Å². The van der Waals surface area contributed by atoms with Gasteiger partial charge in [-0.15, -0.1) is 0 Å². The lowest BCUT2D eigenvalue weighted by molar-refractivity contribution is -0.137. The number of ether oxygens (including phenoxy) is 1. The fourth-order valence-electron chi connectivity index (χ4n) is 1.04. The third-order valence-electron chi connectivity index (χ3n) is 1.82.